The van der Waals surface area contributed by atoms with Crippen molar-refractivity contribution < 1.29 is 4.79 Å². The molecule has 0 atom stereocenters. The van der Waals surface area contributed by atoms with Crippen LogP contribution in [0.3, 0.4) is 0 Å². The number of para-hydroxylation sites is 1. The Morgan fingerprint density at radius 2 is 1.80 bits per heavy atom. The van der Waals surface area contributed by atoms with Gasteiger partial charge in [0.1, 0.15) is 5.82 Å². The van der Waals surface area contributed by atoms with Gasteiger partial charge in [-0.2, -0.15) is 0 Å². The van der Waals surface area contributed by atoms with Crippen LogP contribution in [0.4, 0.5) is 5.69 Å². The van der Waals surface area contributed by atoms with Crippen LogP contribution < -0.4 is 5.32 Å². The van der Waals surface area contributed by atoms with Gasteiger partial charge in [-0.05, 0) is 50.1 Å². The van der Waals surface area contributed by atoms with Crippen molar-refractivity contribution in [3.63, 3.8) is 0 Å². The first kappa shape index (κ1) is 17.2. The van der Waals surface area contributed by atoms with Gasteiger partial charge in [0.2, 0.25) is 5.91 Å². The quantitative estimate of drug-likeness (QED) is 0.707. The Morgan fingerprint density at radius 3 is 2.56 bits per heavy atom. The number of amides is 1. The lowest BCUT2D eigenvalue weighted by Gasteiger charge is -2.11. The van der Waals surface area contributed by atoms with E-state index >= 15 is 0 Å². The van der Waals surface area contributed by atoms with E-state index in [0.29, 0.717) is 5.16 Å². The summed E-state index contributed by atoms with van der Waals surface area (Å²) in [7, 11) is 0. The number of hydrogen-bond acceptors (Lipinski definition) is 4. The van der Waals surface area contributed by atoms with E-state index in [0.717, 1.165) is 28.3 Å². The van der Waals surface area contributed by atoms with Gasteiger partial charge in [-0.1, -0.05) is 42.1 Å². The Bertz CT molecular complexity index is 890. The summed E-state index contributed by atoms with van der Waals surface area (Å²) in [4.78, 5) is 12.3. The van der Waals surface area contributed by atoms with Crippen molar-refractivity contribution in [1.29, 1.82) is 0 Å². The fourth-order valence-corrected chi connectivity index (χ4v) is 3.31. The Morgan fingerprint density at radius 1 is 1.04 bits per heavy atom. The molecule has 1 aromatic heterocycles. The number of anilines is 1. The molecule has 0 saturated carbocycles. The SMILES string of the molecule is Cc1cccc(NC(=O)CSc2nnc(C)n2-c2ccccc2)c1C. The first-order chi connectivity index (χ1) is 12.1. The summed E-state index contributed by atoms with van der Waals surface area (Å²) in [6, 6.07) is 15.8. The van der Waals surface area contributed by atoms with Gasteiger partial charge in [-0.3, -0.25) is 9.36 Å². The molecule has 1 amide bonds. The van der Waals surface area contributed by atoms with Gasteiger partial charge in [0.05, 0.1) is 5.75 Å². The van der Waals surface area contributed by atoms with E-state index in [4.69, 9.17) is 0 Å². The van der Waals surface area contributed by atoms with Crippen LogP contribution in [-0.4, -0.2) is 26.4 Å². The van der Waals surface area contributed by atoms with Crippen LogP contribution in [-0.2, 0) is 4.79 Å². The van der Waals surface area contributed by atoms with Gasteiger partial charge >= 0.3 is 0 Å². The molecule has 3 aromatic rings. The number of carbonyl (C=O) groups excluding carboxylic acids is 1. The zero-order chi connectivity index (χ0) is 17.8. The largest absolute Gasteiger partial charge is 0.325 e. The summed E-state index contributed by atoms with van der Waals surface area (Å²) >= 11 is 1.38. The number of carbonyl (C=O) groups is 1. The van der Waals surface area contributed by atoms with Gasteiger partial charge in [-0.25, -0.2) is 0 Å². The van der Waals surface area contributed by atoms with Crippen molar-refractivity contribution in [3.8, 4) is 5.69 Å². The molecule has 3 rings (SSSR count). The van der Waals surface area contributed by atoms with Crippen LogP contribution in [0.2, 0.25) is 0 Å². The Labute approximate surface area is 151 Å². The molecular formula is C19H20N4OS. The number of thioether (sulfide) groups is 1. The molecule has 0 unspecified atom stereocenters. The third kappa shape index (κ3) is 3.91. The van der Waals surface area contributed by atoms with E-state index in [2.05, 4.69) is 15.5 Å². The molecule has 0 spiro atoms. The normalized spacial score (nSPS) is 10.7. The average Bonchev–Trinajstić information content (AvgIpc) is 2.98. The summed E-state index contributed by atoms with van der Waals surface area (Å²) in [5, 5.41) is 12.0. The second-order valence-electron chi connectivity index (χ2n) is 5.79. The molecule has 25 heavy (non-hydrogen) atoms. The predicted octanol–water partition coefficient (Wildman–Crippen LogP) is 3.92. The second kappa shape index (κ2) is 7.53. The highest BCUT2D eigenvalue weighted by atomic mass is 32.2. The lowest BCUT2D eigenvalue weighted by molar-refractivity contribution is -0.113. The van der Waals surface area contributed by atoms with Crippen LogP contribution in [0.1, 0.15) is 17.0 Å². The van der Waals surface area contributed by atoms with Gasteiger partial charge < -0.3 is 5.32 Å². The summed E-state index contributed by atoms with van der Waals surface area (Å²) < 4.78 is 1.95. The van der Waals surface area contributed by atoms with E-state index in [-0.39, 0.29) is 11.7 Å². The van der Waals surface area contributed by atoms with Gasteiger partial charge in [0.15, 0.2) is 5.16 Å². The number of aryl methyl sites for hydroxylation is 2. The number of nitrogens with zero attached hydrogens (tertiary/aromatic N) is 3. The highest BCUT2D eigenvalue weighted by Crippen LogP contribution is 2.23. The van der Waals surface area contributed by atoms with Crippen LogP contribution in [0.25, 0.3) is 5.69 Å². The fourth-order valence-electron chi connectivity index (χ4n) is 2.51. The van der Waals surface area contributed by atoms with Crippen LogP contribution in [0, 0.1) is 20.8 Å². The van der Waals surface area contributed by atoms with Crippen molar-refractivity contribution in [2.24, 2.45) is 0 Å². The van der Waals surface area contributed by atoms with Crippen molar-refractivity contribution in [3.05, 3.63) is 65.5 Å². The van der Waals surface area contributed by atoms with Crippen LogP contribution in [0.15, 0.2) is 53.7 Å². The minimum atomic E-state index is -0.0565. The third-order valence-electron chi connectivity index (χ3n) is 4.02. The number of rotatable bonds is 5. The van der Waals surface area contributed by atoms with E-state index in [1.807, 2.05) is 73.9 Å². The van der Waals surface area contributed by atoms with Crippen molar-refractivity contribution in [1.82, 2.24) is 14.8 Å². The zero-order valence-corrected chi connectivity index (χ0v) is 15.3. The van der Waals surface area contributed by atoms with Gasteiger partial charge in [0.25, 0.3) is 0 Å². The Kier molecular flexibility index (Phi) is 5.19. The molecule has 0 radical (unpaired) electrons. The number of nitrogens with one attached hydrogen (secondary N) is 1. The second-order valence-corrected chi connectivity index (χ2v) is 6.73. The molecule has 6 heteroatoms. The molecule has 1 heterocycles. The molecule has 5 nitrogen and oxygen atoms in total. The molecular weight excluding hydrogens is 332 g/mol. The monoisotopic (exact) mass is 352 g/mol. The van der Waals surface area contributed by atoms with Gasteiger partial charge in [-0.15, -0.1) is 10.2 Å². The number of aromatic nitrogens is 3. The molecule has 128 valence electrons. The lowest BCUT2D eigenvalue weighted by atomic mass is 10.1. The minimum Gasteiger partial charge on any atom is -0.325 e. The maximum Gasteiger partial charge on any atom is 0.234 e. The molecule has 0 saturated heterocycles. The van der Waals surface area contributed by atoms with E-state index in [1.165, 1.54) is 11.8 Å². The number of benzene rings is 2. The minimum absolute atomic E-state index is 0.0565. The molecule has 0 bridgehead atoms. The maximum absolute atomic E-state index is 12.3. The van der Waals surface area contributed by atoms with Crippen LogP contribution >= 0.6 is 11.8 Å². The first-order valence-corrected chi connectivity index (χ1v) is 9.01. The molecule has 1 N–H and O–H groups in total. The topological polar surface area (TPSA) is 59.8 Å². The van der Waals surface area contributed by atoms with Crippen molar-refractivity contribution in [2.75, 3.05) is 11.1 Å². The summed E-state index contributed by atoms with van der Waals surface area (Å²) in [6.07, 6.45) is 0. The fraction of sp³-hybridized carbons (Fsp3) is 0.211. The van der Waals surface area contributed by atoms with E-state index < -0.39 is 0 Å². The highest BCUT2D eigenvalue weighted by Gasteiger charge is 2.13. The summed E-state index contributed by atoms with van der Waals surface area (Å²) in [6.45, 7) is 5.94. The van der Waals surface area contributed by atoms with Crippen molar-refractivity contribution in [2.45, 2.75) is 25.9 Å². The predicted molar refractivity (Wildman–Crippen MR) is 101 cm³/mol. The Hall–Kier alpha value is -2.60. The number of hydrogen-bond donors (Lipinski definition) is 1. The molecule has 2 aromatic carbocycles. The molecule has 0 aliphatic heterocycles. The van der Waals surface area contributed by atoms with Crippen molar-refractivity contribution >= 4 is 23.4 Å². The summed E-state index contributed by atoms with van der Waals surface area (Å²) in [5.74, 6) is 1.01. The van der Waals surface area contributed by atoms with Gasteiger partial charge in [0, 0.05) is 11.4 Å². The average molecular weight is 352 g/mol. The third-order valence-corrected chi connectivity index (χ3v) is 4.95. The lowest BCUT2D eigenvalue weighted by Crippen LogP contribution is -2.15. The molecule has 0 aliphatic carbocycles. The van der Waals surface area contributed by atoms with E-state index in [1.54, 1.807) is 0 Å². The zero-order valence-electron chi connectivity index (χ0n) is 14.5. The molecule has 0 aliphatic rings. The first-order valence-electron chi connectivity index (χ1n) is 8.02. The smallest absolute Gasteiger partial charge is 0.234 e. The highest BCUT2D eigenvalue weighted by molar-refractivity contribution is 7.99. The Balaban J connectivity index is 1.70. The summed E-state index contributed by atoms with van der Waals surface area (Å²) in [5.41, 5.74) is 4.09. The molecule has 0 fully saturated rings. The van der Waals surface area contributed by atoms with E-state index in [9.17, 15) is 4.79 Å². The van der Waals surface area contributed by atoms with Crippen LogP contribution in [0.5, 0.6) is 0 Å². The standard InChI is InChI=1S/C19H20N4OS/c1-13-8-7-11-17(14(13)2)20-18(24)12-25-19-22-21-15(3)23(19)16-9-5-4-6-10-16/h4-11H,12H2,1-3H3,(H,20,24). The maximum atomic E-state index is 12.3.